The predicted molar refractivity (Wildman–Crippen MR) is 156 cm³/mol. The maximum Gasteiger partial charge on any atom is 0.512 e. The molecule has 1 aliphatic heterocycles. The van der Waals surface area contributed by atoms with Crippen LogP contribution in [0.5, 0.6) is 5.88 Å². The third-order valence-electron chi connectivity index (χ3n) is 7.47. The largest absolute Gasteiger partial charge is 1.00 e. The summed E-state index contributed by atoms with van der Waals surface area (Å²) in [6.45, 7) is 9.18. The van der Waals surface area contributed by atoms with Gasteiger partial charge in [-0.25, -0.2) is 4.79 Å². The van der Waals surface area contributed by atoms with E-state index in [2.05, 4.69) is 35.7 Å². The minimum Gasteiger partial charge on any atom is -1.00 e. The van der Waals surface area contributed by atoms with Crippen LogP contribution in [-0.2, 0) is 9.47 Å². The van der Waals surface area contributed by atoms with E-state index in [1.807, 2.05) is 6.92 Å². The van der Waals surface area contributed by atoms with Gasteiger partial charge in [-0.1, -0.05) is 97.5 Å². The van der Waals surface area contributed by atoms with Crippen molar-refractivity contribution in [2.24, 2.45) is 0 Å². The molecule has 0 spiro atoms. The third-order valence-corrected chi connectivity index (χ3v) is 7.98. The topological polar surface area (TPSA) is 70.5 Å². The molecule has 0 fully saturated rings. The summed E-state index contributed by atoms with van der Waals surface area (Å²) in [5.41, 5.74) is 1.99. The number of carbonyl (C=O) groups is 1. The normalized spacial score (nSPS) is 17.7. The lowest BCUT2D eigenvalue weighted by Gasteiger charge is -2.42. The third kappa shape index (κ3) is 14.0. The molecule has 0 amide bonds. The van der Waals surface area contributed by atoms with Crippen molar-refractivity contribution < 1.29 is 47.5 Å². The van der Waals surface area contributed by atoms with E-state index in [0.717, 1.165) is 56.5 Å². The number of halogens is 1. The number of hydrogen-bond donors (Lipinski definition) is 0. The Kier molecular flexibility index (Phi) is 20.1. The number of ether oxygens (including phenoxy) is 3. The Bertz CT molecular complexity index is 807. The highest BCUT2D eigenvalue weighted by atomic mass is 127. The van der Waals surface area contributed by atoms with Crippen molar-refractivity contribution in [1.29, 1.82) is 0 Å². The van der Waals surface area contributed by atoms with Gasteiger partial charge in [-0.05, 0) is 19.3 Å². The van der Waals surface area contributed by atoms with Crippen molar-refractivity contribution in [2.45, 2.75) is 130 Å². The lowest BCUT2D eigenvalue weighted by Crippen LogP contribution is -3.00. The average molecular weight is 680 g/mol. The number of aromatic nitrogens is 2. The Morgan fingerprint density at radius 2 is 1.54 bits per heavy atom. The van der Waals surface area contributed by atoms with Crippen LogP contribution in [0.4, 0.5) is 4.79 Å². The molecule has 0 aromatic carbocycles. The summed E-state index contributed by atoms with van der Waals surface area (Å²) in [4.78, 5) is 12.5. The van der Waals surface area contributed by atoms with Crippen LogP contribution < -0.4 is 28.7 Å². The smallest absolute Gasteiger partial charge is 0.512 e. The molecule has 0 bridgehead atoms. The zero-order valence-electron chi connectivity index (χ0n) is 25.1. The van der Waals surface area contributed by atoms with Gasteiger partial charge in [-0.3, -0.25) is 4.48 Å². The van der Waals surface area contributed by atoms with Crippen LogP contribution in [0.3, 0.4) is 0 Å². The van der Waals surface area contributed by atoms with Gasteiger partial charge in [0.05, 0.1) is 38.5 Å². The molecule has 0 N–H and O–H groups in total. The lowest BCUT2D eigenvalue weighted by atomic mass is 10.0. The molecule has 0 saturated heterocycles. The fraction of sp³-hybridized carbons (Fsp3) is 0.833. The number of carbonyl (C=O) groups excluding carboxylic acids is 1. The molecule has 0 radical (unpaired) electrons. The van der Waals surface area contributed by atoms with Crippen molar-refractivity contribution in [3.63, 3.8) is 0 Å². The molecule has 2 heterocycles. The number of rotatable bonds is 21. The molecule has 0 aliphatic carbocycles. The van der Waals surface area contributed by atoms with Crippen molar-refractivity contribution in [3.05, 3.63) is 11.8 Å². The first-order valence-electron chi connectivity index (χ1n) is 15.4. The first kappa shape index (κ1) is 36.1. The van der Waals surface area contributed by atoms with Gasteiger partial charge in [0.2, 0.25) is 6.23 Å². The summed E-state index contributed by atoms with van der Waals surface area (Å²) < 4.78 is 27.0. The number of unbranched alkanes of at least 4 members (excludes halogenated alkanes) is 11. The van der Waals surface area contributed by atoms with Crippen LogP contribution in [0.15, 0.2) is 6.08 Å². The van der Waals surface area contributed by atoms with E-state index < -0.39 is 6.16 Å². The van der Waals surface area contributed by atoms with E-state index in [1.165, 1.54) is 82.4 Å². The Balaban J connectivity index is 0.00000760. The van der Waals surface area contributed by atoms with E-state index >= 15 is 0 Å². The molecule has 1 aromatic rings. The monoisotopic (exact) mass is 679 g/mol. The molecule has 7 nitrogen and oxygen atoms in total. The van der Waals surface area contributed by atoms with E-state index in [4.69, 9.17) is 14.2 Å². The molecule has 1 aromatic heterocycles. The average Bonchev–Trinajstić information content (AvgIpc) is 3.39. The molecule has 2 rings (SSSR count). The van der Waals surface area contributed by atoms with Crippen LogP contribution in [0.25, 0.3) is 5.57 Å². The summed E-state index contributed by atoms with van der Waals surface area (Å²) in [6, 6.07) is 0. The fourth-order valence-electron chi connectivity index (χ4n) is 5.11. The maximum atomic E-state index is 12.5. The molecular weight excluding hydrogens is 625 g/mol. The molecule has 9 heteroatoms. The molecule has 39 heavy (non-hydrogen) atoms. The van der Waals surface area contributed by atoms with E-state index in [-0.39, 0.29) is 30.2 Å². The van der Waals surface area contributed by atoms with Gasteiger partial charge in [-0.2, -0.15) is 4.37 Å². The summed E-state index contributed by atoms with van der Waals surface area (Å²) >= 11 is 1.21. The molecule has 226 valence electrons. The van der Waals surface area contributed by atoms with Gasteiger partial charge in [0.1, 0.15) is 12.2 Å². The van der Waals surface area contributed by atoms with Crippen LogP contribution in [-0.4, -0.2) is 59.0 Å². The molecule has 2 atom stereocenters. The first-order chi connectivity index (χ1) is 18.5. The van der Waals surface area contributed by atoms with Gasteiger partial charge in [-0.15, -0.1) is 4.37 Å². The Hall–Kier alpha value is -0.940. The minimum atomic E-state index is -0.547. The second-order valence-electron chi connectivity index (χ2n) is 11.0. The zero-order chi connectivity index (χ0) is 27.5. The Morgan fingerprint density at radius 3 is 2.21 bits per heavy atom. The van der Waals surface area contributed by atoms with Gasteiger partial charge in [0.15, 0.2) is 0 Å². The minimum absolute atomic E-state index is 0. The van der Waals surface area contributed by atoms with Crippen LogP contribution in [0.1, 0.15) is 129 Å². The maximum absolute atomic E-state index is 12.5. The standard InChI is InChI=1S/C30H54N3O4S.HI/c1-5-8-10-12-13-14-15-16-17-21-27(37-30(34)36-23-7-3)33(4)22-19-20-26(25-33)28-29(32-38-31-28)35-24-18-11-9-6-2;/h20,27H,5-19,21-25H2,1-4H3;1H/q+1;/p-1. The molecule has 0 saturated carbocycles. The number of hydrogen-bond acceptors (Lipinski definition) is 7. The van der Waals surface area contributed by atoms with Crippen molar-refractivity contribution in [2.75, 3.05) is 33.4 Å². The molecule has 2 unspecified atom stereocenters. The highest BCUT2D eigenvalue weighted by molar-refractivity contribution is 6.99. The van der Waals surface area contributed by atoms with Gasteiger partial charge >= 0.3 is 6.16 Å². The summed E-state index contributed by atoms with van der Waals surface area (Å²) in [5, 5.41) is 0. The second-order valence-corrected chi connectivity index (χ2v) is 11.5. The summed E-state index contributed by atoms with van der Waals surface area (Å²) in [7, 11) is 2.20. The van der Waals surface area contributed by atoms with E-state index in [9.17, 15) is 4.79 Å². The fourth-order valence-corrected chi connectivity index (χ4v) is 5.64. The summed E-state index contributed by atoms with van der Waals surface area (Å²) in [6.07, 6.45) is 20.1. The Labute approximate surface area is 259 Å². The van der Waals surface area contributed by atoms with Crippen molar-refractivity contribution >= 4 is 23.5 Å². The van der Waals surface area contributed by atoms with Gasteiger partial charge < -0.3 is 38.2 Å². The van der Waals surface area contributed by atoms with Crippen molar-refractivity contribution in [1.82, 2.24) is 8.75 Å². The SMILES string of the molecule is CCCCCCCCCCCC(OC(=O)OCCC)[N+]1(C)CCC=C(c2nsnc2OCCCCCC)C1.[I-]. The Morgan fingerprint density at radius 1 is 0.897 bits per heavy atom. The van der Waals surface area contributed by atoms with Gasteiger partial charge in [0.25, 0.3) is 5.88 Å². The lowest BCUT2D eigenvalue weighted by molar-refractivity contribution is -0.947. The quantitative estimate of drug-likeness (QED) is 0.0736. The van der Waals surface area contributed by atoms with Gasteiger partial charge in [0, 0.05) is 18.4 Å². The second kappa shape index (κ2) is 21.8. The number of quaternary nitrogens is 1. The highest BCUT2D eigenvalue weighted by Crippen LogP contribution is 2.33. The van der Waals surface area contributed by atoms with E-state index in [1.54, 1.807) is 0 Å². The zero-order valence-corrected chi connectivity index (χ0v) is 28.0. The molecular formula is C30H54IN3O4S. The number of nitrogens with zero attached hydrogens (tertiary/aromatic N) is 3. The molecule has 1 aliphatic rings. The number of likely N-dealkylation sites (N-methyl/N-ethyl adjacent to an activating group) is 1. The summed E-state index contributed by atoms with van der Waals surface area (Å²) in [5.74, 6) is 0.643. The van der Waals surface area contributed by atoms with Crippen molar-refractivity contribution in [3.8, 4) is 5.88 Å². The van der Waals surface area contributed by atoms with Crippen LogP contribution in [0.2, 0.25) is 0 Å². The highest BCUT2D eigenvalue weighted by Gasteiger charge is 2.39. The van der Waals surface area contributed by atoms with E-state index in [0.29, 0.717) is 23.6 Å². The predicted octanol–water partition coefficient (Wildman–Crippen LogP) is 5.55. The van der Waals surface area contributed by atoms with Crippen LogP contribution in [0, 0.1) is 0 Å². The first-order valence-corrected chi connectivity index (χ1v) is 16.1. The van der Waals surface area contributed by atoms with Crippen LogP contribution >= 0.6 is 11.7 Å².